The molecule has 2 aromatic rings. The molecule has 0 unspecified atom stereocenters. The smallest absolute Gasteiger partial charge is 0.172 e. The molecule has 1 aromatic carbocycles. The molecule has 19 heavy (non-hydrogen) atoms. The third kappa shape index (κ3) is 3.50. The molecular formula is C14H16Cl2N2O. The summed E-state index contributed by atoms with van der Waals surface area (Å²) in [6, 6.07) is 5.46. The first-order valence-electron chi connectivity index (χ1n) is 6.01. The summed E-state index contributed by atoms with van der Waals surface area (Å²) >= 11 is 12.2. The zero-order chi connectivity index (χ0) is 14.0. The fraction of sp³-hybridized carbons (Fsp3) is 0.357. The van der Waals surface area contributed by atoms with E-state index in [1.807, 2.05) is 12.1 Å². The fourth-order valence-corrected chi connectivity index (χ4v) is 2.03. The minimum absolute atomic E-state index is 0.0205. The van der Waals surface area contributed by atoms with Crippen LogP contribution in [0.2, 0.25) is 10.0 Å². The third-order valence-electron chi connectivity index (χ3n) is 2.65. The van der Waals surface area contributed by atoms with E-state index in [1.165, 1.54) is 0 Å². The van der Waals surface area contributed by atoms with E-state index in [0.717, 1.165) is 11.1 Å². The van der Waals surface area contributed by atoms with Gasteiger partial charge in [0.1, 0.15) is 0 Å². The quantitative estimate of drug-likeness (QED) is 0.904. The van der Waals surface area contributed by atoms with Crippen molar-refractivity contribution < 1.29 is 4.52 Å². The number of aromatic nitrogens is 1. The van der Waals surface area contributed by atoms with Crippen LogP contribution >= 0.6 is 23.2 Å². The second-order valence-corrected chi connectivity index (χ2v) is 6.17. The van der Waals surface area contributed by atoms with E-state index in [4.69, 9.17) is 27.7 Å². The average Bonchev–Trinajstić information content (AvgIpc) is 2.77. The summed E-state index contributed by atoms with van der Waals surface area (Å²) in [7, 11) is 0. The van der Waals surface area contributed by atoms with Crippen LogP contribution in [0.1, 0.15) is 26.3 Å². The van der Waals surface area contributed by atoms with Crippen molar-refractivity contribution in [1.82, 2.24) is 10.5 Å². The van der Waals surface area contributed by atoms with Crippen molar-refractivity contribution in [2.24, 2.45) is 0 Å². The van der Waals surface area contributed by atoms with Crippen molar-refractivity contribution >= 4 is 23.2 Å². The highest BCUT2D eigenvalue weighted by atomic mass is 35.5. The van der Waals surface area contributed by atoms with Gasteiger partial charge in [-0.15, -0.1) is 0 Å². The highest BCUT2D eigenvalue weighted by molar-refractivity contribution is 6.43. The highest BCUT2D eigenvalue weighted by Gasteiger charge is 2.17. The Labute approximate surface area is 122 Å². The summed E-state index contributed by atoms with van der Waals surface area (Å²) < 4.78 is 5.32. The first-order valence-corrected chi connectivity index (χ1v) is 6.77. The van der Waals surface area contributed by atoms with Crippen LogP contribution in [0.15, 0.2) is 28.9 Å². The summed E-state index contributed by atoms with van der Waals surface area (Å²) in [6.45, 7) is 6.97. The Morgan fingerprint density at radius 2 is 2.00 bits per heavy atom. The number of nitrogens with zero attached hydrogens (tertiary/aromatic N) is 1. The van der Waals surface area contributed by atoms with Crippen LogP contribution in [0.25, 0.3) is 11.3 Å². The van der Waals surface area contributed by atoms with E-state index >= 15 is 0 Å². The minimum atomic E-state index is 0.0205. The van der Waals surface area contributed by atoms with Crippen LogP contribution in [-0.4, -0.2) is 10.7 Å². The molecule has 0 saturated carbocycles. The maximum Gasteiger partial charge on any atom is 0.172 e. The molecule has 0 aliphatic carbocycles. The predicted molar refractivity (Wildman–Crippen MR) is 78.6 cm³/mol. The summed E-state index contributed by atoms with van der Waals surface area (Å²) in [5, 5.41) is 8.23. The van der Waals surface area contributed by atoms with Gasteiger partial charge in [0.15, 0.2) is 5.76 Å². The molecule has 0 saturated heterocycles. The molecule has 3 nitrogen and oxygen atoms in total. The van der Waals surface area contributed by atoms with Crippen LogP contribution < -0.4 is 5.32 Å². The van der Waals surface area contributed by atoms with Gasteiger partial charge in [-0.25, -0.2) is 0 Å². The number of halogens is 2. The maximum atomic E-state index is 6.21. The van der Waals surface area contributed by atoms with E-state index in [2.05, 4.69) is 31.2 Å². The SMILES string of the molecule is CC(C)(C)NCc1cnoc1-c1cccc(Cl)c1Cl. The van der Waals surface area contributed by atoms with Crippen LogP contribution in [0.4, 0.5) is 0 Å². The van der Waals surface area contributed by atoms with Gasteiger partial charge in [0, 0.05) is 23.2 Å². The number of nitrogens with one attached hydrogen (secondary N) is 1. The first-order chi connectivity index (χ1) is 8.88. The Bertz CT molecular complexity index is 573. The first kappa shape index (κ1) is 14.4. The van der Waals surface area contributed by atoms with Gasteiger partial charge in [-0.05, 0) is 32.9 Å². The van der Waals surface area contributed by atoms with E-state index in [1.54, 1.807) is 12.3 Å². The average molecular weight is 299 g/mol. The summed E-state index contributed by atoms with van der Waals surface area (Å²) in [5.74, 6) is 0.657. The lowest BCUT2D eigenvalue weighted by Crippen LogP contribution is -2.35. The van der Waals surface area contributed by atoms with Crippen LogP contribution in [0.3, 0.4) is 0 Å². The van der Waals surface area contributed by atoms with Gasteiger partial charge in [-0.2, -0.15) is 0 Å². The molecule has 0 fully saturated rings. The van der Waals surface area contributed by atoms with Crippen molar-refractivity contribution in [1.29, 1.82) is 0 Å². The Morgan fingerprint density at radius 1 is 1.26 bits per heavy atom. The zero-order valence-corrected chi connectivity index (χ0v) is 12.6. The standard InChI is InChI=1S/C14H16Cl2N2O/c1-14(2,3)17-7-9-8-18-19-13(9)10-5-4-6-11(15)12(10)16/h4-6,8,17H,7H2,1-3H3. The molecule has 0 spiro atoms. The van der Waals surface area contributed by atoms with Crippen molar-refractivity contribution in [2.75, 3.05) is 0 Å². The summed E-state index contributed by atoms with van der Waals surface area (Å²) in [4.78, 5) is 0. The van der Waals surface area contributed by atoms with Gasteiger partial charge in [0.25, 0.3) is 0 Å². The second-order valence-electron chi connectivity index (χ2n) is 5.39. The van der Waals surface area contributed by atoms with Crippen molar-refractivity contribution in [3.63, 3.8) is 0 Å². The summed E-state index contributed by atoms with van der Waals surface area (Å²) in [5.41, 5.74) is 1.74. The predicted octanol–water partition coefficient (Wildman–Crippen LogP) is 4.54. The molecule has 1 N–H and O–H groups in total. The van der Waals surface area contributed by atoms with E-state index in [-0.39, 0.29) is 5.54 Å². The molecule has 1 aromatic heterocycles. The highest BCUT2D eigenvalue weighted by Crippen LogP contribution is 2.35. The van der Waals surface area contributed by atoms with Crippen molar-refractivity contribution in [2.45, 2.75) is 32.9 Å². The molecule has 0 aliphatic heterocycles. The van der Waals surface area contributed by atoms with Crippen LogP contribution in [-0.2, 0) is 6.54 Å². The lowest BCUT2D eigenvalue weighted by Gasteiger charge is -2.20. The zero-order valence-electron chi connectivity index (χ0n) is 11.1. The molecule has 5 heteroatoms. The Morgan fingerprint density at radius 3 is 2.68 bits per heavy atom. The molecule has 1 heterocycles. The molecule has 0 atom stereocenters. The lowest BCUT2D eigenvalue weighted by atomic mass is 10.1. The molecule has 0 aliphatic rings. The molecule has 0 radical (unpaired) electrons. The van der Waals surface area contributed by atoms with Gasteiger partial charge in [-0.1, -0.05) is 34.4 Å². The van der Waals surface area contributed by atoms with Crippen LogP contribution in [0.5, 0.6) is 0 Å². The van der Waals surface area contributed by atoms with E-state index in [9.17, 15) is 0 Å². The monoisotopic (exact) mass is 298 g/mol. The number of hydrogen-bond donors (Lipinski definition) is 1. The fourth-order valence-electron chi connectivity index (χ4n) is 1.65. The molecule has 0 bridgehead atoms. The number of benzene rings is 1. The largest absolute Gasteiger partial charge is 0.356 e. The molecule has 0 amide bonds. The van der Waals surface area contributed by atoms with Gasteiger partial charge in [0.05, 0.1) is 16.2 Å². The summed E-state index contributed by atoms with van der Waals surface area (Å²) in [6.07, 6.45) is 1.70. The maximum absolute atomic E-state index is 6.21. The molecule has 2 rings (SSSR count). The van der Waals surface area contributed by atoms with Gasteiger partial charge in [0.2, 0.25) is 0 Å². The second kappa shape index (κ2) is 5.53. The van der Waals surface area contributed by atoms with Crippen molar-refractivity contribution in [3.8, 4) is 11.3 Å². The molecule has 102 valence electrons. The number of rotatable bonds is 3. The Balaban J connectivity index is 2.31. The van der Waals surface area contributed by atoms with Gasteiger partial charge < -0.3 is 9.84 Å². The van der Waals surface area contributed by atoms with E-state index in [0.29, 0.717) is 22.4 Å². The third-order valence-corrected chi connectivity index (χ3v) is 3.47. The lowest BCUT2D eigenvalue weighted by molar-refractivity contribution is 0.418. The normalized spacial score (nSPS) is 11.8. The van der Waals surface area contributed by atoms with Gasteiger partial charge in [-0.3, -0.25) is 0 Å². The van der Waals surface area contributed by atoms with Gasteiger partial charge >= 0.3 is 0 Å². The van der Waals surface area contributed by atoms with Crippen molar-refractivity contribution in [3.05, 3.63) is 40.0 Å². The minimum Gasteiger partial charge on any atom is -0.356 e. The molecular weight excluding hydrogens is 283 g/mol. The topological polar surface area (TPSA) is 38.1 Å². The number of hydrogen-bond acceptors (Lipinski definition) is 3. The Kier molecular flexibility index (Phi) is 4.19. The van der Waals surface area contributed by atoms with E-state index < -0.39 is 0 Å². The Hall–Kier alpha value is -1.03. The van der Waals surface area contributed by atoms with Crippen LogP contribution in [0, 0.1) is 0 Å².